The van der Waals surface area contributed by atoms with Crippen LogP contribution in [0.3, 0.4) is 0 Å². The molecule has 2 unspecified atom stereocenters. The Bertz CT molecular complexity index is 327. The number of nitrogens with one attached hydrogen (secondary N) is 2. The van der Waals surface area contributed by atoms with Crippen LogP contribution in [0.25, 0.3) is 0 Å². The summed E-state index contributed by atoms with van der Waals surface area (Å²) in [4.78, 5) is 12.0. The quantitative estimate of drug-likeness (QED) is 0.836. The molecule has 3 atom stereocenters. The zero-order chi connectivity index (χ0) is 14.6. The monoisotopic (exact) mass is 292 g/mol. The van der Waals surface area contributed by atoms with E-state index in [1.807, 2.05) is 0 Å². The maximum atomic E-state index is 12.9. The van der Waals surface area contributed by atoms with Gasteiger partial charge in [-0.1, -0.05) is 12.8 Å². The van der Waals surface area contributed by atoms with Gasteiger partial charge in [-0.15, -0.1) is 0 Å². The van der Waals surface area contributed by atoms with Crippen molar-refractivity contribution in [2.45, 2.75) is 57.2 Å². The molecule has 0 aromatic rings. The second-order valence-electron chi connectivity index (χ2n) is 5.91. The van der Waals surface area contributed by atoms with E-state index >= 15 is 0 Å². The van der Waals surface area contributed by atoms with Gasteiger partial charge in [0.05, 0.1) is 5.92 Å². The van der Waals surface area contributed by atoms with E-state index in [0.29, 0.717) is 25.4 Å². The number of amides is 1. The molecule has 0 aromatic carbocycles. The van der Waals surface area contributed by atoms with E-state index in [4.69, 9.17) is 0 Å². The minimum atomic E-state index is -4.25. The highest BCUT2D eigenvalue weighted by atomic mass is 19.4. The molecule has 1 amide bonds. The van der Waals surface area contributed by atoms with Crippen LogP contribution in [0.5, 0.6) is 0 Å². The minimum Gasteiger partial charge on any atom is -0.356 e. The lowest BCUT2D eigenvalue weighted by atomic mass is 9.78. The van der Waals surface area contributed by atoms with Gasteiger partial charge in [-0.05, 0) is 38.6 Å². The van der Waals surface area contributed by atoms with Gasteiger partial charge in [0.15, 0.2) is 0 Å². The highest BCUT2D eigenvalue weighted by Gasteiger charge is 2.47. The summed E-state index contributed by atoms with van der Waals surface area (Å²) in [5, 5.41) is 6.01. The molecule has 1 saturated heterocycles. The normalized spacial score (nSPS) is 31.2. The maximum Gasteiger partial charge on any atom is 0.392 e. The molecule has 1 aliphatic heterocycles. The Labute approximate surface area is 117 Å². The van der Waals surface area contributed by atoms with Crippen LogP contribution in [0.4, 0.5) is 13.2 Å². The zero-order valence-electron chi connectivity index (χ0n) is 11.6. The lowest BCUT2D eigenvalue weighted by Crippen LogP contribution is -2.43. The van der Waals surface area contributed by atoms with Crippen molar-refractivity contribution in [3.8, 4) is 0 Å². The molecule has 2 N–H and O–H groups in total. The standard InChI is InChI=1S/C14H23F3N2O/c15-14(16,17)12-6-2-1-5-11(12)13(20)19-9-7-10-4-3-8-18-10/h10-12,18H,1-9H2,(H,19,20)/t10-,11?,12?/m1/s1. The van der Waals surface area contributed by atoms with Crippen LogP contribution in [0, 0.1) is 11.8 Å². The van der Waals surface area contributed by atoms with Crippen LogP contribution < -0.4 is 10.6 Å². The summed E-state index contributed by atoms with van der Waals surface area (Å²) in [6.45, 7) is 1.47. The van der Waals surface area contributed by atoms with Crippen LogP contribution >= 0.6 is 0 Å². The number of rotatable bonds is 4. The van der Waals surface area contributed by atoms with Crippen molar-refractivity contribution in [1.82, 2.24) is 10.6 Å². The zero-order valence-corrected chi connectivity index (χ0v) is 11.6. The first-order chi connectivity index (χ1) is 9.48. The fourth-order valence-electron chi connectivity index (χ4n) is 3.34. The topological polar surface area (TPSA) is 41.1 Å². The van der Waals surface area contributed by atoms with Crippen molar-refractivity contribution in [2.75, 3.05) is 13.1 Å². The molecule has 1 heterocycles. The van der Waals surface area contributed by atoms with E-state index in [2.05, 4.69) is 10.6 Å². The van der Waals surface area contributed by atoms with E-state index < -0.39 is 23.9 Å². The molecule has 116 valence electrons. The maximum absolute atomic E-state index is 12.9. The molecular weight excluding hydrogens is 269 g/mol. The Balaban J connectivity index is 1.79. The Morgan fingerprint density at radius 3 is 2.55 bits per heavy atom. The number of carbonyl (C=O) groups excluding carboxylic acids is 1. The molecular formula is C14H23F3N2O. The number of hydrogen-bond acceptors (Lipinski definition) is 2. The Morgan fingerprint density at radius 1 is 1.15 bits per heavy atom. The fourth-order valence-corrected chi connectivity index (χ4v) is 3.34. The lowest BCUT2D eigenvalue weighted by Gasteiger charge is -2.32. The molecule has 2 fully saturated rings. The predicted molar refractivity (Wildman–Crippen MR) is 70.2 cm³/mol. The van der Waals surface area contributed by atoms with Crippen molar-refractivity contribution in [1.29, 1.82) is 0 Å². The Morgan fingerprint density at radius 2 is 1.90 bits per heavy atom. The molecule has 6 heteroatoms. The Kier molecular flexibility index (Phi) is 5.29. The average Bonchev–Trinajstić information content (AvgIpc) is 2.91. The Hall–Kier alpha value is -0.780. The minimum absolute atomic E-state index is 0.0891. The third kappa shape index (κ3) is 4.11. The summed E-state index contributed by atoms with van der Waals surface area (Å²) < 4.78 is 38.8. The lowest BCUT2D eigenvalue weighted by molar-refractivity contribution is -0.198. The molecule has 2 aliphatic rings. The van der Waals surface area contributed by atoms with E-state index in [-0.39, 0.29) is 6.42 Å². The highest BCUT2D eigenvalue weighted by molar-refractivity contribution is 5.79. The van der Waals surface area contributed by atoms with Crippen LogP contribution in [0.2, 0.25) is 0 Å². The molecule has 2 rings (SSSR count). The van der Waals surface area contributed by atoms with Crippen molar-refractivity contribution in [3.05, 3.63) is 0 Å². The van der Waals surface area contributed by atoms with Crippen molar-refractivity contribution < 1.29 is 18.0 Å². The summed E-state index contributed by atoms with van der Waals surface area (Å²) in [6, 6.07) is 0.403. The fraction of sp³-hybridized carbons (Fsp3) is 0.929. The van der Waals surface area contributed by atoms with Gasteiger partial charge < -0.3 is 10.6 Å². The van der Waals surface area contributed by atoms with Crippen LogP contribution in [0.15, 0.2) is 0 Å². The molecule has 0 bridgehead atoms. The van der Waals surface area contributed by atoms with Gasteiger partial charge in [0, 0.05) is 18.5 Å². The van der Waals surface area contributed by atoms with Crippen LogP contribution in [-0.2, 0) is 4.79 Å². The summed E-state index contributed by atoms with van der Waals surface area (Å²) in [7, 11) is 0. The molecule has 0 aromatic heterocycles. The first-order valence-electron chi connectivity index (χ1n) is 7.56. The van der Waals surface area contributed by atoms with Gasteiger partial charge in [0.1, 0.15) is 0 Å². The van der Waals surface area contributed by atoms with Gasteiger partial charge in [-0.3, -0.25) is 4.79 Å². The van der Waals surface area contributed by atoms with E-state index in [0.717, 1.165) is 32.2 Å². The van der Waals surface area contributed by atoms with Gasteiger partial charge in [0.25, 0.3) is 0 Å². The average molecular weight is 292 g/mol. The van der Waals surface area contributed by atoms with E-state index in [1.165, 1.54) is 0 Å². The number of alkyl halides is 3. The summed E-state index contributed by atoms with van der Waals surface area (Å²) in [6.07, 6.45) is 0.505. The molecule has 20 heavy (non-hydrogen) atoms. The van der Waals surface area contributed by atoms with Gasteiger partial charge >= 0.3 is 6.18 Å². The predicted octanol–water partition coefficient (Wildman–Crippen LogP) is 2.61. The van der Waals surface area contributed by atoms with Crippen LogP contribution in [-0.4, -0.2) is 31.2 Å². The van der Waals surface area contributed by atoms with E-state index in [9.17, 15) is 18.0 Å². The largest absolute Gasteiger partial charge is 0.392 e. The number of carbonyl (C=O) groups is 1. The molecule has 1 aliphatic carbocycles. The second-order valence-corrected chi connectivity index (χ2v) is 5.91. The van der Waals surface area contributed by atoms with Gasteiger partial charge in [0.2, 0.25) is 5.91 Å². The van der Waals surface area contributed by atoms with E-state index in [1.54, 1.807) is 0 Å². The second kappa shape index (κ2) is 6.78. The van der Waals surface area contributed by atoms with Crippen molar-refractivity contribution in [2.24, 2.45) is 11.8 Å². The highest BCUT2D eigenvalue weighted by Crippen LogP contribution is 2.41. The summed E-state index contributed by atoms with van der Waals surface area (Å²) in [5.41, 5.74) is 0. The molecule has 3 nitrogen and oxygen atoms in total. The molecule has 0 radical (unpaired) electrons. The summed E-state index contributed by atoms with van der Waals surface area (Å²) in [5.74, 6) is -2.76. The first kappa shape index (κ1) is 15.6. The third-order valence-electron chi connectivity index (χ3n) is 4.48. The van der Waals surface area contributed by atoms with Crippen molar-refractivity contribution in [3.63, 3.8) is 0 Å². The van der Waals surface area contributed by atoms with Gasteiger partial charge in [-0.25, -0.2) is 0 Å². The van der Waals surface area contributed by atoms with Gasteiger partial charge in [-0.2, -0.15) is 13.2 Å². The molecule has 1 saturated carbocycles. The van der Waals surface area contributed by atoms with Crippen LogP contribution in [0.1, 0.15) is 44.9 Å². The summed E-state index contributed by atoms with van der Waals surface area (Å²) >= 11 is 0. The number of halogens is 3. The van der Waals surface area contributed by atoms with Crippen molar-refractivity contribution >= 4 is 5.91 Å². The number of hydrogen-bond donors (Lipinski definition) is 2. The molecule has 0 spiro atoms. The third-order valence-corrected chi connectivity index (χ3v) is 4.48. The SMILES string of the molecule is O=C(NCC[C@H]1CCCN1)C1CCCCC1C(F)(F)F. The first-order valence-corrected chi connectivity index (χ1v) is 7.56. The smallest absolute Gasteiger partial charge is 0.356 e.